The van der Waals surface area contributed by atoms with Gasteiger partial charge in [-0.25, -0.2) is 13.2 Å². The Kier molecular flexibility index (Phi) is 5.42. The van der Waals surface area contributed by atoms with Crippen LogP contribution in [0.25, 0.3) is 0 Å². The third-order valence-electron chi connectivity index (χ3n) is 3.43. The van der Waals surface area contributed by atoms with Gasteiger partial charge in [-0.2, -0.15) is 0 Å². The number of carbonyl (C=O) groups is 1. The van der Waals surface area contributed by atoms with Crippen molar-refractivity contribution in [2.45, 2.75) is 24.8 Å². The van der Waals surface area contributed by atoms with Crippen LogP contribution in [0.4, 0.5) is 5.69 Å². The average Bonchev–Trinajstić information content (AvgIpc) is 2.51. The molecular formula is C16H15Cl2NO4S. The van der Waals surface area contributed by atoms with Gasteiger partial charge in [0.25, 0.3) is 10.0 Å². The molecule has 8 heteroatoms. The first-order chi connectivity index (χ1) is 11.1. The first-order valence-corrected chi connectivity index (χ1v) is 9.13. The minimum absolute atomic E-state index is 0.0332. The number of aliphatic carboxylic acids is 1. The Morgan fingerprint density at radius 2 is 1.71 bits per heavy atom. The average molecular weight is 388 g/mol. The van der Waals surface area contributed by atoms with Gasteiger partial charge >= 0.3 is 5.97 Å². The highest BCUT2D eigenvalue weighted by Crippen LogP contribution is 2.32. The van der Waals surface area contributed by atoms with Crippen LogP contribution in [-0.4, -0.2) is 25.5 Å². The predicted molar refractivity (Wildman–Crippen MR) is 94.4 cm³/mol. The molecule has 0 spiro atoms. The molecule has 24 heavy (non-hydrogen) atoms. The van der Waals surface area contributed by atoms with E-state index in [0.717, 1.165) is 9.87 Å². The lowest BCUT2D eigenvalue weighted by Gasteiger charge is -2.28. The third kappa shape index (κ3) is 3.66. The zero-order valence-electron chi connectivity index (χ0n) is 12.9. The largest absolute Gasteiger partial charge is 0.480 e. The highest BCUT2D eigenvalue weighted by atomic mass is 35.5. The number of anilines is 1. The van der Waals surface area contributed by atoms with E-state index in [-0.39, 0.29) is 20.6 Å². The maximum atomic E-state index is 13.1. The Labute approximate surface area is 150 Å². The molecule has 0 heterocycles. The summed E-state index contributed by atoms with van der Waals surface area (Å²) in [5.74, 6) is -1.28. The third-order valence-corrected chi connectivity index (χ3v) is 6.04. The van der Waals surface area contributed by atoms with Crippen molar-refractivity contribution >= 4 is 44.9 Å². The van der Waals surface area contributed by atoms with Crippen LogP contribution in [0.15, 0.2) is 47.4 Å². The lowest BCUT2D eigenvalue weighted by Crippen LogP contribution is -2.43. The van der Waals surface area contributed by atoms with Crippen molar-refractivity contribution in [2.24, 2.45) is 0 Å². The summed E-state index contributed by atoms with van der Waals surface area (Å²) < 4.78 is 26.9. The van der Waals surface area contributed by atoms with Crippen molar-refractivity contribution in [3.05, 3.63) is 58.1 Å². The molecule has 0 saturated heterocycles. The molecule has 0 radical (unpaired) electrons. The monoisotopic (exact) mass is 387 g/mol. The molecule has 0 saturated carbocycles. The molecule has 0 bridgehead atoms. The second kappa shape index (κ2) is 7.01. The Bertz CT molecular complexity index is 866. The molecule has 0 fully saturated rings. The van der Waals surface area contributed by atoms with Gasteiger partial charge in [0.2, 0.25) is 0 Å². The minimum atomic E-state index is -4.23. The van der Waals surface area contributed by atoms with Crippen molar-refractivity contribution in [1.82, 2.24) is 0 Å². The highest BCUT2D eigenvalue weighted by Gasteiger charge is 2.34. The van der Waals surface area contributed by atoms with Crippen LogP contribution < -0.4 is 4.31 Å². The van der Waals surface area contributed by atoms with Gasteiger partial charge < -0.3 is 5.11 Å². The maximum absolute atomic E-state index is 13.1. The van der Waals surface area contributed by atoms with E-state index in [9.17, 15) is 18.3 Å². The lowest BCUT2D eigenvalue weighted by molar-refractivity contribution is -0.137. The first-order valence-electron chi connectivity index (χ1n) is 6.93. The van der Waals surface area contributed by atoms with E-state index in [2.05, 4.69) is 0 Å². The summed E-state index contributed by atoms with van der Waals surface area (Å²) in [6.07, 6.45) is 0. The summed E-state index contributed by atoms with van der Waals surface area (Å²) in [6.45, 7) is 3.13. The van der Waals surface area contributed by atoms with E-state index in [1.165, 1.54) is 25.1 Å². The Morgan fingerprint density at radius 3 is 2.25 bits per heavy atom. The maximum Gasteiger partial charge on any atom is 0.327 e. The summed E-state index contributed by atoms with van der Waals surface area (Å²) in [4.78, 5) is 11.2. The molecule has 5 nitrogen and oxygen atoms in total. The van der Waals surface area contributed by atoms with E-state index >= 15 is 0 Å². The number of benzene rings is 2. The zero-order valence-corrected chi connectivity index (χ0v) is 15.2. The molecule has 1 N–H and O–H groups in total. The van der Waals surface area contributed by atoms with Gasteiger partial charge in [0.05, 0.1) is 10.7 Å². The molecule has 1 atom stereocenters. The molecule has 0 aliphatic carbocycles. The normalized spacial score (nSPS) is 12.7. The molecule has 1 unspecified atom stereocenters. The van der Waals surface area contributed by atoms with Gasteiger partial charge in [-0.3, -0.25) is 4.31 Å². The van der Waals surface area contributed by atoms with Gasteiger partial charge in [0, 0.05) is 5.02 Å². The van der Waals surface area contributed by atoms with Gasteiger partial charge in [0.1, 0.15) is 10.9 Å². The van der Waals surface area contributed by atoms with E-state index in [0.29, 0.717) is 0 Å². The van der Waals surface area contributed by atoms with E-state index in [1.807, 2.05) is 6.92 Å². The summed E-state index contributed by atoms with van der Waals surface area (Å²) in [5, 5.41) is 9.49. The topological polar surface area (TPSA) is 74.7 Å². The fourth-order valence-electron chi connectivity index (χ4n) is 2.14. The summed E-state index contributed by atoms with van der Waals surface area (Å²) in [5.41, 5.74) is 1.14. The fraction of sp³-hybridized carbons (Fsp3) is 0.188. The molecule has 0 aromatic heterocycles. The van der Waals surface area contributed by atoms with Crippen LogP contribution in [0.3, 0.4) is 0 Å². The van der Waals surface area contributed by atoms with Crippen molar-refractivity contribution in [3.8, 4) is 0 Å². The lowest BCUT2D eigenvalue weighted by atomic mass is 10.2. The van der Waals surface area contributed by atoms with Crippen LogP contribution in [0.1, 0.15) is 12.5 Å². The number of carboxylic acids is 1. The fourth-order valence-corrected chi connectivity index (χ4v) is 4.50. The van der Waals surface area contributed by atoms with Gasteiger partial charge in [0.15, 0.2) is 0 Å². The van der Waals surface area contributed by atoms with Crippen LogP contribution >= 0.6 is 23.2 Å². The second-order valence-electron chi connectivity index (χ2n) is 5.23. The highest BCUT2D eigenvalue weighted by molar-refractivity contribution is 7.93. The number of halogens is 2. The Balaban J connectivity index is 2.67. The van der Waals surface area contributed by atoms with Gasteiger partial charge in [-0.1, -0.05) is 40.9 Å². The Morgan fingerprint density at radius 1 is 1.12 bits per heavy atom. The van der Waals surface area contributed by atoms with Crippen LogP contribution in [0, 0.1) is 6.92 Å². The quantitative estimate of drug-likeness (QED) is 0.841. The SMILES string of the molecule is Cc1ccc(N(C(C)C(=O)O)S(=O)(=O)c2cc(Cl)ccc2Cl)cc1. The van der Waals surface area contributed by atoms with E-state index in [4.69, 9.17) is 23.2 Å². The van der Waals surface area contributed by atoms with Crippen molar-refractivity contribution < 1.29 is 18.3 Å². The first kappa shape index (κ1) is 18.6. The minimum Gasteiger partial charge on any atom is -0.480 e. The van der Waals surface area contributed by atoms with E-state index < -0.39 is 22.0 Å². The summed E-state index contributed by atoms with van der Waals surface area (Å²) in [6, 6.07) is 9.19. The van der Waals surface area contributed by atoms with Crippen LogP contribution in [0.2, 0.25) is 10.0 Å². The number of carboxylic acid groups (broad SMARTS) is 1. The standard InChI is InChI=1S/C16H15Cl2NO4S/c1-10-3-6-13(7-4-10)19(11(2)16(20)21)24(22,23)15-9-12(17)5-8-14(15)18/h3-9,11H,1-2H3,(H,20,21). The predicted octanol–water partition coefficient (Wildman–Crippen LogP) is 3.97. The molecular weight excluding hydrogens is 373 g/mol. The number of nitrogens with zero attached hydrogens (tertiary/aromatic N) is 1. The van der Waals surface area contributed by atoms with Crippen LogP contribution in [-0.2, 0) is 14.8 Å². The molecule has 2 aromatic carbocycles. The second-order valence-corrected chi connectivity index (χ2v) is 7.85. The number of hydrogen-bond acceptors (Lipinski definition) is 3. The summed E-state index contributed by atoms with van der Waals surface area (Å²) in [7, 11) is -4.23. The van der Waals surface area contributed by atoms with Gasteiger partial charge in [-0.15, -0.1) is 0 Å². The van der Waals surface area contributed by atoms with Crippen molar-refractivity contribution in [2.75, 3.05) is 4.31 Å². The van der Waals surface area contributed by atoms with E-state index in [1.54, 1.807) is 24.3 Å². The molecule has 0 aliphatic rings. The number of hydrogen-bond donors (Lipinski definition) is 1. The number of aryl methyl sites for hydroxylation is 1. The molecule has 0 aliphatic heterocycles. The van der Waals surface area contributed by atoms with Gasteiger partial charge in [-0.05, 0) is 44.2 Å². The molecule has 2 rings (SSSR count). The molecule has 128 valence electrons. The molecule has 2 aromatic rings. The van der Waals surface area contributed by atoms with Crippen molar-refractivity contribution in [1.29, 1.82) is 0 Å². The van der Waals surface area contributed by atoms with Crippen LogP contribution in [0.5, 0.6) is 0 Å². The molecule has 0 amide bonds. The number of rotatable bonds is 5. The van der Waals surface area contributed by atoms with Crippen molar-refractivity contribution in [3.63, 3.8) is 0 Å². The summed E-state index contributed by atoms with van der Waals surface area (Å²) >= 11 is 11.9. The Hall–Kier alpha value is -1.76. The zero-order chi connectivity index (χ0) is 18.1. The number of sulfonamides is 1. The smallest absolute Gasteiger partial charge is 0.327 e.